The Bertz CT molecular complexity index is 2820. The minimum atomic E-state index is 1.29. The fourth-order valence-electron chi connectivity index (χ4n) is 7.76. The molecule has 0 aliphatic carbocycles. The minimum absolute atomic E-state index is 1.29. The Hall–Kier alpha value is -4.86. The highest BCUT2D eigenvalue weighted by Gasteiger charge is 2.23. The topological polar surface area (TPSA) is 8.82 Å². The van der Waals surface area contributed by atoms with Crippen molar-refractivity contribution in [1.29, 1.82) is 0 Å². The van der Waals surface area contributed by atoms with Crippen molar-refractivity contribution >= 4 is 108 Å². The smallest absolute Gasteiger partial charge is 0.0621 e. The molecular weight excluding hydrogens is 492 g/mol. The van der Waals surface area contributed by atoms with Gasteiger partial charge >= 0.3 is 0 Å². The van der Waals surface area contributed by atoms with Crippen molar-refractivity contribution < 1.29 is 0 Å². The third kappa shape index (κ3) is 1.99. The summed E-state index contributed by atoms with van der Waals surface area (Å²) in [6.07, 6.45) is 0. The molecule has 0 N–H and O–H groups in total. The van der Waals surface area contributed by atoms with E-state index in [2.05, 4.69) is 118 Å². The van der Waals surface area contributed by atoms with Crippen molar-refractivity contribution in [3.05, 3.63) is 109 Å². The summed E-state index contributed by atoms with van der Waals surface area (Å²) in [5, 5.41) is 13.6. The first-order valence-corrected chi connectivity index (χ1v) is 14.3. The van der Waals surface area contributed by atoms with E-state index in [-0.39, 0.29) is 0 Å². The predicted octanol–water partition coefficient (Wildman–Crippen LogP) is 10.4. The van der Waals surface area contributed by atoms with Crippen LogP contribution in [0.25, 0.3) is 96.4 Å². The summed E-state index contributed by atoms with van der Waals surface area (Å²) in [6, 6.07) is 40.7. The first kappa shape index (κ1) is 19.2. The molecule has 11 aromatic rings. The van der Waals surface area contributed by atoms with Gasteiger partial charge in [0.15, 0.2) is 0 Å². The molecule has 0 atom stereocenters. The van der Waals surface area contributed by atoms with Crippen LogP contribution in [0.4, 0.5) is 0 Å². The lowest BCUT2D eigenvalue weighted by Crippen LogP contribution is -1.80. The lowest BCUT2D eigenvalue weighted by Gasteiger charge is -2.01. The maximum absolute atomic E-state index is 2.49. The van der Waals surface area contributed by atoms with Crippen LogP contribution in [-0.2, 0) is 0 Å². The average molecular weight is 511 g/mol. The maximum Gasteiger partial charge on any atom is 0.0621 e. The van der Waals surface area contributed by atoms with Crippen molar-refractivity contribution in [2.45, 2.75) is 0 Å². The Labute approximate surface area is 225 Å². The first-order chi connectivity index (χ1) is 19.4. The van der Waals surface area contributed by atoms with E-state index >= 15 is 0 Å². The zero-order valence-corrected chi connectivity index (χ0v) is 21.5. The summed E-state index contributed by atoms with van der Waals surface area (Å²) in [5.41, 5.74) is 7.87. The van der Waals surface area contributed by atoms with Crippen molar-refractivity contribution in [3.63, 3.8) is 0 Å². The van der Waals surface area contributed by atoms with E-state index in [0.29, 0.717) is 0 Å². The molecule has 0 fully saturated rings. The van der Waals surface area contributed by atoms with Crippen LogP contribution in [0, 0.1) is 0 Å². The Kier molecular flexibility index (Phi) is 3.07. The molecule has 5 aromatic heterocycles. The second kappa shape index (κ2) is 6.23. The number of hydrogen-bond donors (Lipinski definition) is 0. The van der Waals surface area contributed by atoms with Gasteiger partial charge in [0, 0.05) is 63.3 Å². The highest BCUT2D eigenvalue weighted by molar-refractivity contribution is 7.27. The fourth-order valence-corrected chi connectivity index (χ4v) is 9.02. The van der Waals surface area contributed by atoms with Gasteiger partial charge in [-0.3, -0.25) is 0 Å². The SMILES string of the molecule is c1ccc2c(c1)c1cccc3c4c5sc6ccc7c(c8cccc9c%10ccccc%10n7c98)c6c5ccc4n2c13. The van der Waals surface area contributed by atoms with Gasteiger partial charge in [-0.05, 0) is 30.3 Å². The van der Waals surface area contributed by atoms with E-state index in [1.54, 1.807) is 0 Å². The largest absolute Gasteiger partial charge is 0.308 e. The van der Waals surface area contributed by atoms with Crippen LogP contribution in [-0.4, -0.2) is 8.80 Å². The molecule has 3 heteroatoms. The molecule has 0 aliphatic heterocycles. The lowest BCUT2D eigenvalue weighted by atomic mass is 10.0. The molecular formula is C36H18N2S. The molecule has 0 saturated carbocycles. The summed E-state index contributed by atoms with van der Waals surface area (Å²) in [6.45, 7) is 0. The van der Waals surface area contributed by atoms with Crippen LogP contribution in [0.15, 0.2) is 109 Å². The first-order valence-electron chi connectivity index (χ1n) is 13.5. The van der Waals surface area contributed by atoms with E-state index < -0.39 is 0 Å². The predicted molar refractivity (Wildman–Crippen MR) is 169 cm³/mol. The van der Waals surface area contributed by atoms with Crippen molar-refractivity contribution in [3.8, 4) is 0 Å². The minimum Gasteiger partial charge on any atom is -0.308 e. The van der Waals surface area contributed by atoms with Gasteiger partial charge in [0.25, 0.3) is 0 Å². The number of aromatic nitrogens is 2. The van der Waals surface area contributed by atoms with Gasteiger partial charge in [-0.1, -0.05) is 78.9 Å². The van der Waals surface area contributed by atoms with Crippen molar-refractivity contribution in [1.82, 2.24) is 8.80 Å². The molecule has 0 spiro atoms. The van der Waals surface area contributed by atoms with E-state index in [0.717, 1.165) is 0 Å². The third-order valence-electron chi connectivity index (χ3n) is 9.17. The number of rotatable bonds is 0. The molecule has 6 aromatic carbocycles. The lowest BCUT2D eigenvalue weighted by molar-refractivity contribution is 1.37. The Morgan fingerprint density at radius 3 is 1.59 bits per heavy atom. The normalized spacial score (nSPS) is 13.1. The number of fused-ring (bicyclic) bond motifs is 17. The summed E-state index contributed by atoms with van der Waals surface area (Å²) in [7, 11) is 0. The average Bonchev–Trinajstić information content (AvgIpc) is 3.77. The monoisotopic (exact) mass is 510 g/mol. The standard InChI is InChI=1S/C36H18N2S/c1-3-13-26-19(7-1)21-9-5-11-23-31-28(37(26)34(21)23)17-18-30-33(31)25-15-16-29-32(36(25)39-30)24-12-6-10-22-20-8-2-4-14-27(20)38(29)35(22)24/h1-18H. The third-order valence-corrected chi connectivity index (χ3v) is 10.4. The number of para-hydroxylation sites is 4. The molecule has 0 bridgehead atoms. The van der Waals surface area contributed by atoms with Crippen molar-refractivity contribution in [2.75, 3.05) is 0 Å². The number of benzene rings is 6. The summed E-state index contributed by atoms with van der Waals surface area (Å²) >= 11 is 1.95. The zero-order chi connectivity index (χ0) is 25.0. The van der Waals surface area contributed by atoms with Crippen LogP contribution in [0.5, 0.6) is 0 Å². The molecule has 178 valence electrons. The number of hydrogen-bond acceptors (Lipinski definition) is 1. The molecule has 0 radical (unpaired) electrons. The summed E-state index contributed by atoms with van der Waals surface area (Å²) in [4.78, 5) is 0. The number of thiophene rings is 1. The number of nitrogens with zero attached hydrogens (tertiary/aromatic N) is 2. The summed E-state index contributed by atoms with van der Waals surface area (Å²) in [5.74, 6) is 0. The Balaban J connectivity index is 1.40. The van der Waals surface area contributed by atoms with Gasteiger partial charge in [-0.15, -0.1) is 11.3 Å². The molecule has 11 rings (SSSR count). The molecule has 39 heavy (non-hydrogen) atoms. The second-order valence-electron chi connectivity index (χ2n) is 10.9. The van der Waals surface area contributed by atoms with Crippen molar-refractivity contribution in [2.24, 2.45) is 0 Å². The zero-order valence-electron chi connectivity index (χ0n) is 20.7. The van der Waals surface area contributed by atoms with E-state index in [1.165, 1.54) is 96.4 Å². The fraction of sp³-hybridized carbons (Fsp3) is 0. The molecule has 0 amide bonds. The van der Waals surface area contributed by atoms with E-state index in [9.17, 15) is 0 Å². The van der Waals surface area contributed by atoms with Gasteiger partial charge in [0.05, 0.1) is 33.1 Å². The van der Waals surface area contributed by atoms with E-state index in [4.69, 9.17) is 0 Å². The molecule has 0 aliphatic rings. The van der Waals surface area contributed by atoms with Crippen LogP contribution in [0.1, 0.15) is 0 Å². The van der Waals surface area contributed by atoms with Gasteiger partial charge in [0.1, 0.15) is 0 Å². The molecule has 5 heterocycles. The molecule has 2 nitrogen and oxygen atoms in total. The second-order valence-corrected chi connectivity index (χ2v) is 11.9. The maximum atomic E-state index is 2.49. The van der Waals surface area contributed by atoms with E-state index in [1.807, 2.05) is 11.3 Å². The highest BCUT2D eigenvalue weighted by Crippen LogP contribution is 2.49. The van der Waals surface area contributed by atoms with Crippen LogP contribution < -0.4 is 0 Å². The van der Waals surface area contributed by atoms with Gasteiger partial charge in [0.2, 0.25) is 0 Å². The highest BCUT2D eigenvalue weighted by atomic mass is 32.1. The quantitative estimate of drug-likeness (QED) is 0.192. The Morgan fingerprint density at radius 1 is 0.359 bits per heavy atom. The van der Waals surface area contributed by atoms with Crippen LogP contribution in [0.3, 0.4) is 0 Å². The van der Waals surface area contributed by atoms with Gasteiger partial charge < -0.3 is 8.80 Å². The molecule has 0 unspecified atom stereocenters. The van der Waals surface area contributed by atoms with Gasteiger partial charge in [-0.2, -0.15) is 0 Å². The summed E-state index contributed by atoms with van der Waals surface area (Å²) < 4.78 is 7.73. The van der Waals surface area contributed by atoms with Crippen LogP contribution >= 0.6 is 11.3 Å². The van der Waals surface area contributed by atoms with Gasteiger partial charge in [-0.25, -0.2) is 0 Å². The Morgan fingerprint density at radius 2 is 0.897 bits per heavy atom. The van der Waals surface area contributed by atoms with Crippen LogP contribution in [0.2, 0.25) is 0 Å². The molecule has 0 saturated heterocycles.